The summed E-state index contributed by atoms with van der Waals surface area (Å²) in [6.07, 6.45) is -2.74. The van der Waals surface area contributed by atoms with Crippen LogP contribution >= 0.6 is 0 Å². The van der Waals surface area contributed by atoms with E-state index >= 15 is 0 Å². The van der Waals surface area contributed by atoms with E-state index in [0.29, 0.717) is 23.1 Å². The smallest absolute Gasteiger partial charge is 0.427 e. The zero-order chi connectivity index (χ0) is 23.2. The summed E-state index contributed by atoms with van der Waals surface area (Å²) in [5, 5.41) is 25.2. The van der Waals surface area contributed by atoms with E-state index in [9.17, 15) is 33.4 Å². The van der Waals surface area contributed by atoms with E-state index < -0.39 is 65.4 Å². The summed E-state index contributed by atoms with van der Waals surface area (Å²) < 4.78 is 32.4. The number of benzene rings is 1. The highest BCUT2D eigenvalue weighted by atomic mass is 19.1. The molecule has 2 aliphatic carbocycles. The first kappa shape index (κ1) is 22.3. The van der Waals surface area contributed by atoms with Gasteiger partial charge in [0.05, 0.1) is 36.3 Å². The number of aliphatic hydroxyl groups is 2. The van der Waals surface area contributed by atoms with Crippen molar-refractivity contribution < 1.29 is 38.1 Å². The molecule has 4 rings (SSSR count). The summed E-state index contributed by atoms with van der Waals surface area (Å²) in [4.78, 5) is 38.6. The molecule has 0 radical (unpaired) electrons. The molecule has 172 valence electrons. The predicted octanol–water partition coefficient (Wildman–Crippen LogP) is 1.32. The van der Waals surface area contributed by atoms with Crippen molar-refractivity contribution in [3.05, 3.63) is 29.8 Å². The lowest BCUT2D eigenvalue weighted by Gasteiger charge is -2.45. The summed E-state index contributed by atoms with van der Waals surface area (Å²) in [5.41, 5.74) is 2.27. The molecule has 3 amide bonds. The van der Waals surface area contributed by atoms with E-state index in [1.165, 1.54) is 0 Å². The third-order valence-electron chi connectivity index (χ3n) is 6.50. The van der Waals surface area contributed by atoms with Crippen LogP contribution in [0.15, 0.2) is 23.3 Å². The molecule has 1 aromatic carbocycles. The number of nitrogens with one attached hydrogen (secondary N) is 1. The van der Waals surface area contributed by atoms with Gasteiger partial charge in [-0.05, 0) is 31.9 Å². The molecule has 0 bridgehead atoms. The Kier molecular flexibility index (Phi) is 5.95. The summed E-state index contributed by atoms with van der Waals surface area (Å²) >= 11 is 0. The second kappa shape index (κ2) is 8.55. The number of fused-ring (bicyclic) bond motifs is 3. The van der Waals surface area contributed by atoms with Gasteiger partial charge in [-0.25, -0.2) is 23.9 Å². The van der Waals surface area contributed by atoms with Crippen LogP contribution < -0.4 is 10.3 Å². The van der Waals surface area contributed by atoms with Crippen LogP contribution in [0.5, 0.6) is 0 Å². The van der Waals surface area contributed by atoms with Gasteiger partial charge < -0.3 is 14.9 Å². The van der Waals surface area contributed by atoms with Gasteiger partial charge in [0, 0.05) is 30.0 Å². The summed E-state index contributed by atoms with van der Waals surface area (Å²) in [7, 11) is 0. The zero-order valence-electron chi connectivity index (χ0n) is 17.2. The molecule has 0 spiro atoms. The van der Waals surface area contributed by atoms with E-state index in [1.807, 2.05) is 0 Å². The SMILES string of the molecule is CCOC(=O)NN=C1C[C@@H](O)[C@@H](O)[C@@H]2[C@H]3C(=O)N(c4ccc(F)cc4F)C(=O)[C@@H]3CC[C@H]12. The Hall–Kier alpha value is -2.92. The van der Waals surface area contributed by atoms with Crippen LogP contribution in [0.3, 0.4) is 0 Å². The lowest BCUT2D eigenvalue weighted by molar-refractivity contribution is -0.132. The van der Waals surface area contributed by atoms with Gasteiger partial charge in [-0.1, -0.05) is 0 Å². The molecule has 0 aromatic heterocycles. The largest absolute Gasteiger partial charge is 0.449 e. The van der Waals surface area contributed by atoms with Gasteiger partial charge in [-0.2, -0.15) is 5.10 Å². The highest BCUT2D eigenvalue weighted by molar-refractivity contribution is 6.22. The van der Waals surface area contributed by atoms with E-state index in [4.69, 9.17) is 4.74 Å². The molecule has 11 heteroatoms. The first-order chi connectivity index (χ1) is 15.2. The Bertz CT molecular complexity index is 986. The van der Waals surface area contributed by atoms with Crippen molar-refractivity contribution in [2.75, 3.05) is 11.5 Å². The Morgan fingerprint density at radius 1 is 1.22 bits per heavy atom. The van der Waals surface area contributed by atoms with E-state index in [-0.39, 0.29) is 25.1 Å². The number of imide groups is 1. The Balaban J connectivity index is 1.66. The molecule has 0 unspecified atom stereocenters. The van der Waals surface area contributed by atoms with Crippen molar-refractivity contribution in [1.82, 2.24) is 5.43 Å². The van der Waals surface area contributed by atoms with Crippen molar-refractivity contribution in [3.63, 3.8) is 0 Å². The molecule has 2 saturated carbocycles. The number of carbonyl (C=O) groups is 3. The maximum absolute atomic E-state index is 14.4. The quantitative estimate of drug-likeness (QED) is 0.470. The van der Waals surface area contributed by atoms with Crippen LogP contribution in [-0.2, 0) is 14.3 Å². The standard InChI is InChI=1S/C21H23F2N3O6/c1-2-32-21(31)25-24-13-8-15(27)18(28)16-10(13)4-5-11-17(16)20(30)26(19(11)29)14-6-3-9(22)7-12(14)23/h3,6-7,10-11,15-18,27-28H,2,4-5,8H2,1H3,(H,25,31)/t10-,11-,15-,16+,17+,18-/m1/s1. The molecule has 1 saturated heterocycles. The highest BCUT2D eigenvalue weighted by Crippen LogP contribution is 2.50. The maximum atomic E-state index is 14.4. The summed E-state index contributed by atoms with van der Waals surface area (Å²) in [6.45, 7) is 1.77. The normalized spacial score (nSPS) is 33.2. The Morgan fingerprint density at radius 2 is 1.94 bits per heavy atom. The van der Waals surface area contributed by atoms with Crippen molar-refractivity contribution in [2.24, 2.45) is 28.8 Å². The molecule has 32 heavy (non-hydrogen) atoms. The number of hydrogen-bond acceptors (Lipinski definition) is 7. The zero-order valence-corrected chi connectivity index (χ0v) is 17.2. The lowest BCUT2D eigenvalue weighted by Crippen LogP contribution is -2.55. The molecule has 1 heterocycles. The fourth-order valence-electron chi connectivity index (χ4n) is 5.18. The van der Waals surface area contributed by atoms with Gasteiger partial charge in [0.2, 0.25) is 11.8 Å². The Morgan fingerprint density at radius 3 is 2.62 bits per heavy atom. The van der Waals surface area contributed by atoms with Crippen LogP contribution in [0, 0.1) is 35.3 Å². The third kappa shape index (κ3) is 3.65. The van der Waals surface area contributed by atoms with Gasteiger partial charge in [0.1, 0.15) is 11.6 Å². The average Bonchev–Trinajstić information content (AvgIpc) is 3.00. The maximum Gasteiger partial charge on any atom is 0.427 e. The minimum absolute atomic E-state index is 0.0232. The number of amides is 3. The number of aliphatic hydroxyl groups excluding tert-OH is 2. The number of ether oxygens (including phenoxy) is 1. The monoisotopic (exact) mass is 451 g/mol. The minimum atomic E-state index is -1.32. The molecule has 1 aliphatic heterocycles. The predicted molar refractivity (Wildman–Crippen MR) is 106 cm³/mol. The number of hydrazone groups is 1. The number of rotatable bonds is 3. The molecule has 3 aliphatic rings. The number of carbonyl (C=O) groups excluding carboxylic acids is 3. The first-order valence-corrected chi connectivity index (χ1v) is 10.4. The minimum Gasteiger partial charge on any atom is -0.449 e. The Labute approximate surface area is 182 Å². The van der Waals surface area contributed by atoms with Gasteiger partial charge >= 0.3 is 6.09 Å². The molecule has 9 nitrogen and oxygen atoms in total. The van der Waals surface area contributed by atoms with Crippen molar-refractivity contribution in [3.8, 4) is 0 Å². The van der Waals surface area contributed by atoms with Crippen LogP contribution in [0.1, 0.15) is 26.2 Å². The second-order valence-corrected chi connectivity index (χ2v) is 8.20. The van der Waals surface area contributed by atoms with Crippen LogP contribution in [0.25, 0.3) is 0 Å². The average molecular weight is 451 g/mol. The number of anilines is 1. The molecule has 3 fully saturated rings. The second-order valence-electron chi connectivity index (χ2n) is 8.20. The van der Waals surface area contributed by atoms with Gasteiger partial charge in [0.25, 0.3) is 0 Å². The summed E-state index contributed by atoms with van der Waals surface area (Å²) in [5.74, 6) is -6.39. The fourth-order valence-corrected chi connectivity index (χ4v) is 5.18. The van der Waals surface area contributed by atoms with E-state index in [0.717, 1.165) is 12.1 Å². The summed E-state index contributed by atoms with van der Waals surface area (Å²) in [6, 6.07) is 2.57. The first-order valence-electron chi connectivity index (χ1n) is 10.4. The van der Waals surface area contributed by atoms with Gasteiger partial charge in [0.15, 0.2) is 0 Å². The van der Waals surface area contributed by atoms with Gasteiger partial charge in [-0.15, -0.1) is 0 Å². The number of hydrogen-bond donors (Lipinski definition) is 3. The fraction of sp³-hybridized carbons (Fsp3) is 0.524. The number of nitrogens with zero attached hydrogens (tertiary/aromatic N) is 2. The molecule has 1 aromatic rings. The van der Waals surface area contributed by atoms with Crippen molar-refractivity contribution >= 4 is 29.3 Å². The van der Waals surface area contributed by atoms with E-state index in [1.54, 1.807) is 6.92 Å². The lowest BCUT2D eigenvalue weighted by atomic mass is 9.60. The van der Waals surface area contributed by atoms with Crippen molar-refractivity contribution in [1.29, 1.82) is 0 Å². The molecular formula is C21H23F2N3O6. The molecule has 3 N–H and O–H groups in total. The number of halogens is 2. The topological polar surface area (TPSA) is 129 Å². The van der Waals surface area contributed by atoms with Crippen molar-refractivity contribution in [2.45, 2.75) is 38.4 Å². The van der Waals surface area contributed by atoms with E-state index in [2.05, 4.69) is 10.5 Å². The molecular weight excluding hydrogens is 428 g/mol. The van der Waals surface area contributed by atoms with Gasteiger partial charge in [-0.3, -0.25) is 9.59 Å². The van der Waals surface area contributed by atoms with Crippen LogP contribution in [0.4, 0.5) is 19.3 Å². The third-order valence-corrected chi connectivity index (χ3v) is 6.50. The molecule has 6 atom stereocenters. The van der Waals surface area contributed by atoms with Crippen LogP contribution in [0.2, 0.25) is 0 Å². The highest BCUT2D eigenvalue weighted by Gasteiger charge is 2.60. The van der Waals surface area contributed by atoms with Crippen LogP contribution in [-0.4, -0.2) is 52.6 Å².